The lowest BCUT2D eigenvalue weighted by Crippen LogP contribution is -2.13. The summed E-state index contributed by atoms with van der Waals surface area (Å²) in [7, 11) is 0. The van der Waals surface area contributed by atoms with Crippen LogP contribution in [0.15, 0.2) is 34.9 Å². The molecule has 0 aliphatic rings. The predicted molar refractivity (Wildman–Crippen MR) is 76.3 cm³/mol. The van der Waals surface area contributed by atoms with Gasteiger partial charge in [0.2, 0.25) is 0 Å². The molecule has 1 aromatic heterocycles. The fourth-order valence-electron chi connectivity index (χ4n) is 1.33. The summed E-state index contributed by atoms with van der Waals surface area (Å²) < 4.78 is 14.0. The Labute approximate surface area is 126 Å². The number of anilines is 1. The molecule has 2 aromatic rings. The van der Waals surface area contributed by atoms with Crippen molar-refractivity contribution in [1.29, 1.82) is 0 Å². The number of aromatic nitrogens is 1. The van der Waals surface area contributed by atoms with E-state index in [9.17, 15) is 9.18 Å². The Morgan fingerprint density at radius 2 is 1.89 bits per heavy atom. The summed E-state index contributed by atoms with van der Waals surface area (Å²) >= 11 is 14.5. The van der Waals surface area contributed by atoms with Gasteiger partial charge in [-0.1, -0.05) is 23.2 Å². The molecule has 19 heavy (non-hydrogen) atoms. The Morgan fingerprint density at radius 1 is 1.26 bits per heavy atom. The van der Waals surface area contributed by atoms with Gasteiger partial charge in [-0.15, -0.1) is 0 Å². The van der Waals surface area contributed by atoms with Gasteiger partial charge in [0.1, 0.15) is 5.69 Å². The normalized spacial score (nSPS) is 10.3. The monoisotopic (exact) mass is 362 g/mol. The van der Waals surface area contributed by atoms with Crippen LogP contribution in [0.25, 0.3) is 0 Å². The summed E-state index contributed by atoms with van der Waals surface area (Å²) in [5.41, 5.74) is 0.519. The van der Waals surface area contributed by atoms with E-state index in [1.807, 2.05) is 0 Å². The van der Waals surface area contributed by atoms with E-state index in [2.05, 4.69) is 26.2 Å². The number of nitrogens with zero attached hydrogens (tertiary/aromatic N) is 1. The van der Waals surface area contributed by atoms with E-state index in [0.717, 1.165) is 4.47 Å². The lowest BCUT2D eigenvalue weighted by Gasteiger charge is -2.06. The maximum Gasteiger partial charge on any atom is 0.274 e. The average molecular weight is 364 g/mol. The lowest BCUT2D eigenvalue weighted by atomic mass is 10.3. The van der Waals surface area contributed by atoms with Gasteiger partial charge in [0, 0.05) is 16.4 Å². The third-order valence-electron chi connectivity index (χ3n) is 2.20. The van der Waals surface area contributed by atoms with Crippen LogP contribution in [-0.4, -0.2) is 10.9 Å². The number of nitrogens with one attached hydrogen (secondary N) is 1. The summed E-state index contributed by atoms with van der Waals surface area (Å²) in [6.45, 7) is 0. The molecule has 0 radical (unpaired) electrons. The van der Waals surface area contributed by atoms with E-state index >= 15 is 0 Å². The van der Waals surface area contributed by atoms with Crippen molar-refractivity contribution in [2.45, 2.75) is 0 Å². The number of benzene rings is 1. The molecule has 0 spiro atoms. The number of rotatable bonds is 2. The average Bonchev–Trinajstić information content (AvgIpc) is 2.36. The highest BCUT2D eigenvalue weighted by Crippen LogP contribution is 2.27. The van der Waals surface area contributed by atoms with Crippen molar-refractivity contribution in [2.75, 3.05) is 5.32 Å². The first-order chi connectivity index (χ1) is 8.97. The molecule has 0 saturated carbocycles. The minimum atomic E-state index is -0.719. The second-order valence-electron chi connectivity index (χ2n) is 3.57. The van der Waals surface area contributed by atoms with Crippen LogP contribution in [0, 0.1) is 5.82 Å². The fraction of sp³-hybridized carbons (Fsp3) is 0. The SMILES string of the molecule is O=C(Nc1cc(Cl)c(F)c(Cl)c1)c1ccc(Br)cn1. The van der Waals surface area contributed by atoms with E-state index in [0.29, 0.717) is 5.69 Å². The molecule has 0 unspecified atom stereocenters. The van der Waals surface area contributed by atoms with Gasteiger partial charge in [-0.25, -0.2) is 9.37 Å². The fourth-order valence-corrected chi connectivity index (χ4v) is 2.05. The molecule has 0 bridgehead atoms. The van der Waals surface area contributed by atoms with Gasteiger partial charge in [-0.05, 0) is 40.2 Å². The Kier molecular flexibility index (Phi) is 4.39. The van der Waals surface area contributed by atoms with Crippen molar-refractivity contribution in [3.63, 3.8) is 0 Å². The third-order valence-corrected chi connectivity index (χ3v) is 3.22. The molecule has 2 rings (SSSR count). The molecule has 1 heterocycles. The molecule has 1 amide bonds. The van der Waals surface area contributed by atoms with Crippen LogP contribution in [0.5, 0.6) is 0 Å². The first kappa shape index (κ1) is 14.2. The summed E-state index contributed by atoms with van der Waals surface area (Å²) in [6.07, 6.45) is 1.50. The topological polar surface area (TPSA) is 42.0 Å². The van der Waals surface area contributed by atoms with Gasteiger partial charge >= 0.3 is 0 Å². The van der Waals surface area contributed by atoms with Crippen molar-refractivity contribution >= 4 is 50.7 Å². The van der Waals surface area contributed by atoms with Crippen LogP contribution in [0.1, 0.15) is 10.5 Å². The first-order valence-corrected chi connectivity index (χ1v) is 6.59. The molecular formula is C12H6BrCl2FN2O. The van der Waals surface area contributed by atoms with Gasteiger partial charge in [0.05, 0.1) is 10.0 Å². The molecule has 7 heteroatoms. The zero-order valence-corrected chi connectivity index (χ0v) is 12.4. The molecular weight excluding hydrogens is 358 g/mol. The standard InChI is InChI=1S/C12H6BrCl2FN2O/c13-6-1-2-10(17-5-6)12(19)18-7-3-8(14)11(16)9(15)4-7/h1-5H,(H,18,19). The molecule has 1 aromatic carbocycles. The quantitative estimate of drug-likeness (QED) is 0.795. The van der Waals surface area contributed by atoms with Gasteiger partial charge in [-0.2, -0.15) is 0 Å². The van der Waals surface area contributed by atoms with E-state index in [1.165, 1.54) is 18.3 Å². The Hall–Kier alpha value is -1.17. The number of carbonyl (C=O) groups excluding carboxylic acids is 1. The van der Waals surface area contributed by atoms with Crippen molar-refractivity contribution in [3.05, 3.63) is 56.5 Å². The number of carbonyl (C=O) groups is 1. The van der Waals surface area contributed by atoms with Crippen LogP contribution in [0.3, 0.4) is 0 Å². The number of hydrogen-bond acceptors (Lipinski definition) is 2. The maximum absolute atomic E-state index is 13.2. The minimum absolute atomic E-state index is 0.161. The van der Waals surface area contributed by atoms with Gasteiger partial charge < -0.3 is 5.32 Å². The predicted octanol–water partition coefficient (Wildman–Crippen LogP) is 4.54. The van der Waals surface area contributed by atoms with E-state index in [4.69, 9.17) is 23.2 Å². The first-order valence-electron chi connectivity index (χ1n) is 5.05. The highest BCUT2D eigenvalue weighted by Gasteiger charge is 2.11. The smallest absolute Gasteiger partial charge is 0.274 e. The van der Waals surface area contributed by atoms with Crippen LogP contribution in [-0.2, 0) is 0 Å². The van der Waals surface area contributed by atoms with Gasteiger partial charge in [0.25, 0.3) is 5.91 Å². The van der Waals surface area contributed by atoms with Crippen molar-refractivity contribution in [1.82, 2.24) is 4.98 Å². The third kappa shape index (κ3) is 3.43. The molecule has 98 valence electrons. The number of halogens is 4. The minimum Gasteiger partial charge on any atom is -0.321 e. The zero-order chi connectivity index (χ0) is 14.0. The largest absolute Gasteiger partial charge is 0.321 e. The van der Waals surface area contributed by atoms with Crippen LogP contribution < -0.4 is 5.32 Å². The van der Waals surface area contributed by atoms with E-state index in [-0.39, 0.29) is 15.7 Å². The van der Waals surface area contributed by atoms with Crippen LogP contribution >= 0.6 is 39.1 Å². The summed E-state index contributed by atoms with van der Waals surface area (Å²) in [4.78, 5) is 15.8. The Balaban J connectivity index is 2.22. The number of hydrogen-bond donors (Lipinski definition) is 1. The lowest BCUT2D eigenvalue weighted by molar-refractivity contribution is 0.102. The molecule has 3 nitrogen and oxygen atoms in total. The van der Waals surface area contributed by atoms with Crippen LogP contribution in [0.2, 0.25) is 10.0 Å². The van der Waals surface area contributed by atoms with Gasteiger partial charge in [0.15, 0.2) is 5.82 Å². The second kappa shape index (κ2) is 5.86. The summed E-state index contributed by atoms with van der Waals surface area (Å²) in [5.74, 6) is -1.16. The van der Waals surface area contributed by atoms with Crippen molar-refractivity contribution in [3.8, 4) is 0 Å². The van der Waals surface area contributed by atoms with Gasteiger partial charge in [-0.3, -0.25) is 4.79 Å². The number of amides is 1. The molecule has 1 N–H and O–H groups in total. The molecule has 0 fully saturated rings. The molecule has 0 aliphatic heterocycles. The molecule has 0 atom stereocenters. The Morgan fingerprint density at radius 3 is 2.42 bits per heavy atom. The van der Waals surface area contributed by atoms with E-state index in [1.54, 1.807) is 12.1 Å². The zero-order valence-electron chi connectivity index (χ0n) is 9.25. The van der Waals surface area contributed by atoms with Crippen molar-refractivity contribution < 1.29 is 9.18 Å². The highest BCUT2D eigenvalue weighted by molar-refractivity contribution is 9.10. The van der Waals surface area contributed by atoms with Crippen LogP contribution in [0.4, 0.5) is 10.1 Å². The molecule has 0 saturated heterocycles. The molecule has 0 aliphatic carbocycles. The number of pyridine rings is 1. The second-order valence-corrected chi connectivity index (χ2v) is 5.30. The highest BCUT2D eigenvalue weighted by atomic mass is 79.9. The maximum atomic E-state index is 13.2. The van der Waals surface area contributed by atoms with Crippen molar-refractivity contribution in [2.24, 2.45) is 0 Å². The van der Waals surface area contributed by atoms with E-state index < -0.39 is 11.7 Å². The summed E-state index contributed by atoms with van der Waals surface area (Å²) in [5, 5.41) is 2.21. The summed E-state index contributed by atoms with van der Waals surface area (Å²) in [6, 6.07) is 5.79. The Bertz CT molecular complexity index is 611.